The van der Waals surface area contributed by atoms with E-state index in [1.165, 1.54) is 6.08 Å². The highest BCUT2D eigenvalue weighted by atomic mass is 19.1. The minimum Gasteiger partial charge on any atom is -0.300 e. The number of allylic oxidation sites excluding steroid dienone is 4. The van der Waals surface area contributed by atoms with Gasteiger partial charge < -0.3 is 0 Å². The fourth-order valence-corrected chi connectivity index (χ4v) is 0.931. The van der Waals surface area contributed by atoms with Crippen LogP contribution in [0.4, 0.5) is 4.39 Å². The Morgan fingerprint density at radius 1 is 1.64 bits per heavy atom. The molecule has 1 unspecified atom stereocenters. The molecular weight excluding hydrogens is 179 g/mol. The number of carbonyl (C=O) groups is 1. The van der Waals surface area contributed by atoms with Crippen LogP contribution in [-0.2, 0) is 4.79 Å². The summed E-state index contributed by atoms with van der Waals surface area (Å²) in [7, 11) is 0. The van der Waals surface area contributed by atoms with Crippen LogP contribution in [-0.4, -0.2) is 5.78 Å². The van der Waals surface area contributed by atoms with E-state index in [-0.39, 0.29) is 19.0 Å². The molecule has 1 nitrogen and oxygen atoms in total. The average molecular weight is 198 g/mol. The first-order valence-corrected chi connectivity index (χ1v) is 4.65. The van der Waals surface area contributed by atoms with Gasteiger partial charge in [0.1, 0.15) is 11.6 Å². The molecule has 0 rings (SSSR count). The van der Waals surface area contributed by atoms with E-state index in [0.717, 1.165) is 12.5 Å². The van der Waals surface area contributed by atoms with Crippen LogP contribution in [0.5, 0.6) is 0 Å². The summed E-state index contributed by atoms with van der Waals surface area (Å²) in [6.45, 7) is 10.4. The summed E-state index contributed by atoms with van der Waals surface area (Å²) < 4.78 is 12.7. The predicted molar refractivity (Wildman–Crippen MR) is 59.7 cm³/mol. The first-order chi connectivity index (χ1) is 6.47. The molecule has 0 aromatic carbocycles. The number of hydrogen-bond acceptors (Lipinski definition) is 1. The van der Waals surface area contributed by atoms with Crippen LogP contribution >= 0.6 is 0 Å². The SMILES string of the molecule is C=C/C(F)=C\C(=C)CCC(C)C(C)=O.[HH]. The zero-order valence-corrected chi connectivity index (χ0v) is 8.85. The van der Waals surface area contributed by atoms with Crippen LogP contribution in [0.25, 0.3) is 0 Å². The highest BCUT2D eigenvalue weighted by molar-refractivity contribution is 5.77. The molecule has 0 saturated carbocycles. The van der Waals surface area contributed by atoms with Crippen LogP contribution < -0.4 is 0 Å². The molecule has 0 aromatic heterocycles. The Kier molecular flexibility index (Phi) is 5.77. The first-order valence-electron chi connectivity index (χ1n) is 4.65. The van der Waals surface area contributed by atoms with E-state index in [1.54, 1.807) is 6.92 Å². The third-order valence-corrected chi connectivity index (χ3v) is 2.13. The highest BCUT2D eigenvalue weighted by Gasteiger charge is 2.07. The zero-order chi connectivity index (χ0) is 11.1. The van der Waals surface area contributed by atoms with Gasteiger partial charge in [0.05, 0.1) is 0 Å². The summed E-state index contributed by atoms with van der Waals surface area (Å²) in [6, 6.07) is 0. The van der Waals surface area contributed by atoms with Gasteiger partial charge in [-0.25, -0.2) is 4.39 Å². The normalized spacial score (nSPS) is 13.5. The zero-order valence-electron chi connectivity index (χ0n) is 8.85. The molecule has 1 atom stereocenters. The second kappa shape index (κ2) is 6.30. The number of ketones is 1. The minimum atomic E-state index is -0.384. The lowest BCUT2D eigenvalue weighted by atomic mass is 9.98. The fraction of sp³-hybridized carbons (Fsp3) is 0.417. The Morgan fingerprint density at radius 3 is 2.64 bits per heavy atom. The molecule has 0 aliphatic heterocycles. The molecule has 0 aromatic rings. The maximum absolute atomic E-state index is 12.7. The van der Waals surface area contributed by atoms with Crippen molar-refractivity contribution < 1.29 is 10.6 Å². The van der Waals surface area contributed by atoms with Crippen molar-refractivity contribution in [3.8, 4) is 0 Å². The van der Waals surface area contributed by atoms with Crippen molar-refractivity contribution in [1.82, 2.24) is 0 Å². The van der Waals surface area contributed by atoms with E-state index in [2.05, 4.69) is 13.2 Å². The molecule has 0 bridgehead atoms. The molecular formula is C12H19FO. The van der Waals surface area contributed by atoms with Crippen molar-refractivity contribution in [1.29, 1.82) is 0 Å². The van der Waals surface area contributed by atoms with Crippen LogP contribution in [0.15, 0.2) is 36.7 Å². The van der Waals surface area contributed by atoms with Gasteiger partial charge in [-0.15, -0.1) is 0 Å². The summed E-state index contributed by atoms with van der Waals surface area (Å²) in [5.74, 6) is -0.205. The maximum atomic E-state index is 12.7. The van der Waals surface area contributed by atoms with Crippen LogP contribution in [0, 0.1) is 5.92 Å². The van der Waals surface area contributed by atoms with Gasteiger partial charge in [0, 0.05) is 7.34 Å². The van der Waals surface area contributed by atoms with Gasteiger partial charge in [-0.2, -0.15) is 0 Å². The van der Waals surface area contributed by atoms with E-state index in [1.807, 2.05) is 6.92 Å². The molecule has 14 heavy (non-hydrogen) atoms. The van der Waals surface area contributed by atoms with Crippen LogP contribution in [0.2, 0.25) is 0 Å². The molecule has 0 heterocycles. The smallest absolute Gasteiger partial charge is 0.132 e. The van der Waals surface area contributed by atoms with Gasteiger partial charge in [0.2, 0.25) is 0 Å². The Labute approximate surface area is 86.5 Å². The lowest BCUT2D eigenvalue weighted by Crippen LogP contribution is -2.05. The van der Waals surface area contributed by atoms with Crippen LogP contribution in [0.1, 0.15) is 28.1 Å². The van der Waals surface area contributed by atoms with E-state index >= 15 is 0 Å². The second-order valence-corrected chi connectivity index (χ2v) is 3.44. The summed E-state index contributed by atoms with van der Waals surface area (Å²) in [6.07, 6.45) is 3.84. The van der Waals surface area contributed by atoms with Gasteiger partial charge in [-0.05, 0) is 31.9 Å². The Morgan fingerprint density at radius 2 is 2.21 bits per heavy atom. The average Bonchev–Trinajstić information content (AvgIpc) is 2.13. The fourth-order valence-electron chi connectivity index (χ4n) is 0.931. The lowest BCUT2D eigenvalue weighted by molar-refractivity contribution is -0.120. The van der Waals surface area contributed by atoms with Gasteiger partial charge in [-0.3, -0.25) is 4.79 Å². The standard InChI is InChI=1S/C12H17FO.H2/c1-5-12(13)8-9(2)6-7-10(3)11(4)14;/h5,8,10H,1-2,6-7H2,3-4H3;1H/b12-8+;. The monoisotopic (exact) mass is 198 g/mol. The molecule has 0 aliphatic rings. The van der Waals surface area contributed by atoms with E-state index in [0.29, 0.717) is 12.0 Å². The molecule has 2 heteroatoms. The molecule has 0 saturated heterocycles. The maximum Gasteiger partial charge on any atom is 0.132 e. The Hall–Kier alpha value is -1.18. The Bertz CT molecular complexity index is 269. The summed E-state index contributed by atoms with van der Waals surface area (Å²) >= 11 is 0. The number of Topliss-reactive ketones (excluding diaryl/α,β-unsaturated/α-hetero) is 1. The summed E-state index contributed by atoms with van der Waals surface area (Å²) in [5, 5.41) is 0. The lowest BCUT2D eigenvalue weighted by Gasteiger charge is -2.06. The summed E-state index contributed by atoms with van der Waals surface area (Å²) in [5.41, 5.74) is 0.690. The third kappa shape index (κ3) is 5.46. The van der Waals surface area contributed by atoms with E-state index in [9.17, 15) is 9.18 Å². The third-order valence-electron chi connectivity index (χ3n) is 2.13. The van der Waals surface area contributed by atoms with Crippen molar-refractivity contribution in [2.24, 2.45) is 5.92 Å². The topological polar surface area (TPSA) is 17.1 Å². The molecule has 0 radical (unpaired) electrons. The Balaban J connectivity index is 0. The molecule has 0 amide bonds. The molecule has 0 fully saturated rings. The van der Waals surface area contributed by atoms with Crippen molar-refractivity contribution in [3.63, 3.8) is 0 Å². The van der Waals surface area contributed by atoms with Crippen molar-refractivity contribution in [2.75, 3.05) is 0 Å². The number of halogens is 1. The van der Waals surface area contributed by atoms with E-state index < -0.39 is 0 Å². The van der Waals surface area contributed by atoms with Gasteiger partial charge in [0.15, 0.2) is 0 Å². The number of rotatable bonds is 6. The molecule has 0 aliphatic carbocycles. The second-order valence-electron chi connectivity index (χ2n) is 3.44. The quantitative estimate of drug-likeness (QED) is 0.593. The molecule has 80 valence electrons. The van der Waals surface area contributed by atoms with Gasteiger partial charge >= 0.3 is 0 Å². The van der Waals surface area contributed by atoms with Crippen molar-refractivity contribution >= 4 is 5.78 Å². The number of carbonyl (C=O) groups excluding carboxylic acids is 1. The van der Waals surface area contributed by atoms with Crippen molar-refractivity contribution in [3.05, 3.63) is 36.7 Å². The van der Waals surface area contributed by atoms with E-state index in [4.69, 9.17) is 0 Å². The van der Waals surface area contributed by atoms with Gasteiger partial charge in [0.25, 0.3) is 0 Å². The first kappa shape index (κ1) is 12.8. The summed E-state index contributed by atoms with van der Waals surface area (Å²) in [4.78, 5) is 10.9. The molecule has 0 spiro atoms. The highest BCUT2D eigenvalue weighted by Crippen LogP contribution is 2.14. The van der Waals surface area contributed by atoms with Crippen molar-refractivity contribution in [2.45, 2.75) is 26.7 Å². The minimum absolute atomic E-state index is 0. The van der Waals surface area contributed by atoms with Gasteiger partial charge in [-0.1, -0.05) is 25.7 Å². The molecule has 0 N–H and O–H groups in total. The van der Waals surface area contributed by atoms with Crippen LogP contribution in [0.3, 0.4) is 0 Å². The predicted octanol–water partition coefficient (Wildman–Crippen LogP) is 3.83. The number of hydrogen-bond donors (Lipinski definition) is 0. The largest absolute Gasteiger partial charge is 0.300 e.